The summed E-state index contributed by atoms with van der Waals surface area (Å²) in [7, 11) is 1.35. The number of hydrogen-bond donors (Lipinski definition) is 2. The molecule has 5 rings (SSSR count). The number of alkyl halides is 2. The van der Waals surface area contributed by atoms with E-state index in [0.717, 1.165) is 10.5 Å². The van der Waals surface area contributed by atoms with Crippen LogP contribution in [0.2, 0.25) is 0 Å². The molecular weight excluding hydrogens is 431 g/mol. The minimum Gasteiger partial charge on any atom is -0.508 e. The Bertz CT molecular complexity index is 1050. The number of fused-ring (bicyclic) bond motifs is 4. The number of nitrogens with zero attached hydrogens (tertiary/aromatic N) is 1. The zero-order chi connectivity index (χ0) is 21.6. The van der Waals surface area contributed by atoms with Gasteiger partial charge in [-0.1, -0.05) is 23.8 Å². The molecule has 2 N–H and O–H groups in total. The van der Waals surface area contributed by atoms with Crippen molar-refractivity contribution in [3.8, 4) is 5.75 Å². The smallest absolute Gasteiger partial charge is 0.253 e. The number of carbonyl (C=O) groups is 4. The lowest BCUT2D eigenvalue weighted by molar-refractivity contribution is -0.138. The summed E-state index contributed by atoms with van der Waals surface area (Å²) in [5, 5.41) is 12.1. The van der Waals surface area contributed by atoms with Crippen LogP contribution in [-0.2, 0) is 19.2 Å². The maximum absolute atomic E-state index is 13.2. The molecule has 1 aromatic rings. The first-order chi connectivity index (χ1) is 14.1. The van der Waals surface area contributed by atoms with Crippen LogP contribution in [-0.4, -0.2) is 50.4 Å². The van der Waals surface area contributed by atoms with E-state index in [9.17, 15) is 24.3 Å². The maximum atomic E-state index is 13.2. The Hall–Kier alpha value is -2.38. The Morgan fingerprint density at radius 3 is 2.37 bits per heavy atom. The normalized spacial score (nSPS) is 40.0. The van der Waals surface area contributed by atoms with E-state index in [4.69, 9.17) is 23.2 Å². The van der Waals surface area contributed by atoms with Crippen molar-refractivity contribution in [3.05, 3.63) is 41.5 Å². The number of nitrogens with one attached hydrogen (secondary N) is 1. The van der Waals surface area contributed by atoms with E-state index in [-0.39, 0.29) is 18.1 Å². The number of rotatable bonds is 1. The third-order valence-electron chi connectivity index (χ3n) is 7.08. The highest BCUT2D eigenvalue weighted by Gasteiger charge is 2.75. The topological polar surface area (TPSA) is 104 Å². The van der Waals surface area contributed by atoms with Gasteiger partial charge in [0.15, 0.2) is 9.75 Å². The van der Waals surface area contributed by atoms with Gasteiger partial charge in [-0.25, -0.2) is 0 Å². The van der Waals surface area contributed by atoms with Crippen LogP contribution in [0.3, 0.4) is 0 Å². The van der Waals surface area contributed by atoms with Crippen molar-refractivity contribution in [2.45, 2.75) is 28.5 Å². The predicted octanol–water partition coefficient (Wildman–Crippen LogP) is 1.67. The number of aromatic hydroxyl groups is 1. The number of phenolic OH excluding ortho intramolecular Hbond substituents is 1. The van der Waals surface area contributed by atoms with Crippen LogP contribution in [0.1, 0.15) is 24.3 Å². The Balaban J connectivity index is 1.75. The molecule has 2 aliphatic carbocycles. The Kier molecular flexibility index (Phi) is 3.97. The molecule has 0 aromatic heterocycles. The van der Waals surface area contributed by atoms with Crippen molar-refractivity contribution in [2.24, 2.45) is 17.8 Å². The molecule has 1 aromatic carbocycles. The molecule has 156 valence electrons. The van der Waals surface area contributed by atoms with E-state index >= 15 is 0 Å². The second-order valence-electron chi connectivity index (χ2n) is 8.44. The third-order valence-corrected chi connectivity index (χ3v) is 8.50. The monoisotopic (exact) mass is 448 g/mol. The van der Waals surface area contributed by atoms with Crippen molar-refractivity contribution in [3.63, 3.8) is 0 Å². The fourth-order valence-electron chi connectivity index (χ4n) is 5.70. The van der Waals surface area contributed by atoms with Crippen molar-refractivity contribution in [2.75, 3.05) is 7.05 Å². The van der Waals surface area contributed by atoms with Crippen molar-refractivity contribution in [1.29, 1.82) is 0 Å². The lowest BCUT2D eigenvalue weighted by Gasteiger charge is -2.50. The minimum absolute atomic E-state index is 0.0186. The average molecular weight is 449 g/mol. The van der Waals surface area contributed by atoms with Gasteiger partial charge >= 0.3 is 0 Å². The largest absolute Gasteiger partial charge is 0.508 e. The van der Waals surface area contributed by atoms with Crippen LogP contribution in [0.25, 0.3) is 0 Å². The second kappa shape index (κ2) is 6.08. The quantitative estimate of drug-likeness (QED) is 0.386. The van der Waals surface area contributed by atoms with Gasteiger partial charge < -0.3 is 5.11 Å². The molecule has 0 unspecified atom stereocenters. The van der Waals surface area contributed by atoms with E-state index in [0.29, 0.717) is 12.0 Å². The number of imide groups is 2. The first-order valence-electron chi connectivity index (χ1n) is 9.65. The van der Waals surface area contributed by atoms with E-state index in [2.05, 4.69) is 5.32 Å². The Labute approximate surface area is 182 Å². The molecule has 0 radical (unpaired) electrons. The fraction of sp³-hybridized carbons (Fsp3) is 0.429. The number of carbonyl (C=O) groups excluding carboxylic acids is 4. The minimum atomic E-state index is -1.79. The molecule has 9 heteroatoms. The number of halogens is 2. The highest BCUT2D eigenvalue weighted by atomic mass is 35.5. The molecule has 3 fully saturated rings. The van der Waals surface area contributed by atoms with Crippen LogP contribution in [0.5, 0.6) is 5.75 Å². The summed E-state index contributed by atoms with van der Waals surface area (Å²) < 4.78 is 0. The zero-order valence-electron chi connectivity index (χ0n) is 15.9. The van der Waals surface area contributed by atoms with Crippen LogP contribution in [0.4, 0.5) is 0 Å². The van der Waals surface area contributed by atoms with Crippen LogP contribution >= 0.6 is 23.2 Å². The molecule has 1 saturated carbocycles. The molecule has 6 atom stereocenters. The molecule has 0 spiro atoms. The lowest BCUT2D eigenvalue weighted by Crippen LogP contribution is -2.60. The van der Waals surface area contributed by atoms with Gasteiger partial charge in [-0.05, 0) is 36.5 Å². The first-order valence-corrected chi connectivity index (χ1v) is 10.4. The fourth-order valence-corrected chi connectivity index (χ4v) is 6.72. The van der Waals surface area contributed by atoms with Gasteiger partial charge in [0.25, 0.3) is 11.8 Å². The molecule has 7 nitrogen and oxygen atoms in total. The van der Waals surface area contributed by atoms with Gasteiger partial charge in [-0.15, -0.1) is 23.2 Å². The highest BCUT2D eigenvalue weighted by Crippen LogP contribution is 2.64. The molecule has 0 bridgehead atoms. The van der Waals surface area contributed by atoms with E-state index in [1.54, 1.807) is 12.1 Å². The maximum Gasteiger partial charge on any atom is 0.253 e. The summed E-state index contributed by atoms with van der Waals surface area (Å²) in [5.41, 5.74) is 1.33. The number of phenols is 1. The van der Waals surface area contributed by atoms with Gasteiger partial charge in [0, 0.05) is 13.0 Å². The summed E-state index contributed by atoms with van der Waals surface area (Å²) in [5.74, 6) is -4.40. The number of likely N-dealkylation sites (tertiary alicyclic amines) is 1. The SMILES string of the molecule is CN1C(=O)[C@]2(Cl)C[C@@H]3C(=CC[C@@H]4C(=O)NC(=O)[C@@H]43)[C@H](c3ccc(O)cc3)[C@]2(Cl)C1=O. The molecule has 2 heterocycles. The number of amides is 4. The molecule has 4 amide bonds. The first kappa shape index (κ1) is 19.6. The predicted molar refractivity (Wildman–Crippen MR) is 107 cm³/mol. The summed E-state index contributed by atoms with van der Waals surface area (Å²) in [6, 6.07) is 6.20. The van der Waals surface area contributed by atoms with Crippen molar-refractivity contribution in [1.82, 2.24) is 10.2 Å². The van der Waals surface area contributed by atoms with Gasteiger partial charge in [-0.3, -0.25) is 29.4 Å². The van der Waals surface area contributed by atoms with Crippen molar-refractivity contribution < 1.29 is 24.3 Å². The molecule has 4 aliphatic rings. The van der Waals surface area contributed by atoms with E-state index < -0.39 is 51.1 Å². The summed E-state index contributed by atoms with van der Waals surface area (Å²) in [6.45, 7) is 0. The van der Waals surface area contributed by atoms with E-state index in [1.165, 1.54) is 19.2 Å². The Morgan fingerprint density at radius 2 is 1.70 bits per heavy atom. The van der Waals surface area contributed by atoms with Gasteiger partial charge in [0.1, 0.15) is 5.75 Å². The van der Waals surface area contributed by atoms with Crippen LogP contribution < -0.4 is 5.32 Å². The van der Waals surface area contributed by atoms with Crippen molar-refractivity contribution >= 4 is 46.8 Å². The molecule has 2 saturated heterocycles. The third kappa shape index (κ3) is 2.17. The highest BCUT2D eigenvalue weighted by molar-refractivity contribution is 6.53. The van der Waals surface area contributed by atoms with Gasteiger partial charge in [-0.2, -0.15) is 0 Å². The summed E-state index contributed by atoms with van der Waals surface area (Å²) in [6.07, 6.45) is 2.18. The van der Waals surface area contributed by atoms with E-state index in [1.807, 2.05) is 6.08 Å². The Morgan fingerprint density at radius 1 is 1.03 bits per heavy atom. The van der Waals surface area contributed by atoms with Crippen LogP contribution in [0, 0.1) is 17.8 Å². The second-order valence-corrected chi connectivity index (χ2v) is 9.68. The lowest BCUT2D eigenvalue weighted by atomic mass is 9.56. The number of benzene rings is 1. The van der Waals surface area contributed by atoms with Crippen LogP contribution in [0.15, 0.2) is 35.9 Å². The average Bonchev–Trinajstić information content (AvgIpc) is 3.07. The zero-order valence-corrected chi connectivity index (χ0v) is 17.4. The molecule has 30 heavy (non-hydrogen) atoms. The number of hydrogen-bond acceptors (Lipinski definition) is 5. The molecule has 2 aliphatic heterocycles. The molecular formula is C21H18Cl2N2O5. The summed E-state index contributed by atoms with van der Waals surface area (Å²) >= 11 is 13.9. The van der Waals surface area contributed by atoms with Gasteiger partial charge in [0.05, 0.1) is 11.8 Å². The number of allylic oxidation sites excluding steroid dienone is 2. The van der Waals surface area contributed by atoms with Gasteiger partial charge in [0.2, 0.25) is 11.8 Å². The standard InChI is InChI=1S/C21H18Cl2N2O5/c1-25-18(29)20(22)8-13-11(6-7-12-14(13)17(28)24-16(12)27)15(21(20,23)19(25)30)9-2-4-10(26)5-3-9/h2-6,12-15,26H,7-8H2,1H3,(H,24,27,28)/t12-,13+,14-,15-,20+,21-/m0/s1. The summed E-state index contributed by atoms with van der Waals surface area (Å²) in [4.78, 5) is 48.6.